The topological polar surface area (TPSA) is 224 Å². The fourth-order valence-electron chi connectivity index (χ4n) is 1.07. The minimum Gasteiger partial charge on any atom is -0.456 e. The Morgan fingerprint density at radius 3 is 0.500 bits per heavy atom. The van der Waals surface area contributed by atoms with Crippen LogP contribution in [0.5, 0.6) is 0 Å². The summed E-state index contributed by atoms with van der Waals surface area (Å²) in [6.45, 7) is 4.17. The number of hydrogen-bond donors (Lipinski definition) is 6. The molecule has 0 amide bonds. The zero-order chi connectivity index (χ0) is 31.7. The van der Waals surface area contributed by atoms with Crippen molar-refractivity contribution in [3.63, 3.8) is 0 Å². The Morgan fingerprint density at radius 1 is 0.364 bits per heavy atom. The fourth-order valence-corrected chi connectivity index (χ4v) is 1.07. The molecule has 0 heterocycles. The Kier molecular flexibility index (Phi) is 117. The van der Waals surface area contributed by atoms with E-state index < -0.39 is 37.3 Å². The first-order valence-electron chi connectivity index (χ1n) is 8.52. The maximum atomic E-state index is 9.92. The molecule has 24 heteroatoms. The second-order valence-corrected chi connectivity index (χ2v) is 4.83. The highest BCUT2D eigenvalue weighted by molar-refractivity contribution is 14.0. The van der Waals surface area contributed by atoms with Gasteiger partial charge in [0.25, 0.3) is 0 Å². The Hall–Kier alpha value is -0.780. The fraction of sp³-hybridized carbons (Fsp3) is 0.100. The molecule has 44 heavy (non-hydrogen) atoms. The molecule has 0 unspecified atom stereocenters. The van der Waals surface area contributed by atoms with Crippen molar-refractivity contribution in [2.24, 2.45) is 0 Å². The maximum Gasteiger partial charge on any atom is 0.492 e. The summed E-state index contributed by atoms with van der Waals surface area (Å²) in [5.74, 6) is 0. The Bertz CT molecular complexity index is 755. The second kappa shape index (κ2) is 65.0. The number of hydrogen-bond acceptors (Lipinski definition) is 6. The van der Waals surface area contributed by atoms with E-state index in [4.69, 9.17) is 59.4 Å². The zero-order valence-electron chi connectivity index (χ0n) is 21.6. The zero-order valence-corrected chi connectivity index (χ0v) is 35.6. The van der Waals surface area contributed by atoms with Crippen molar-refractivity contribution in [2.75, 3.05) is 0 Å². The summed E-state index contributed by atoms with van der Waals surface area (Å²) in [6.07, 6.45) is -14.0. The number of halogens is 12. The third kappa shape index (κ3) is 288. The van der Waals surface area contributed by atoms with Crippen molar-refractivity contribution in [3.05, 3.63) is 71.8 Å². The molecule has 0 saturated heterocycles. The van der Waals surface area contributed by atoms with Crippen LogP contribution in [0.2, 0.25) is 0 Å². The molecule has 0 atom stereocenters. The minimum atomic E-state index is -2.33. The molecule has 0 aliphatic rings. The van der Waals surface area contributed by atoms with Gasteiger partial charge in [-0.1, -0.05) is 71.8 Å². The van der Waals surface area contributed by atoms with Gasteiger partial charge in [0, 0.05) is 0 Å². The van der Waals surface area contributed by atoms with E-state index in [1.54, 1.807) is 0 Å². The number of aryl methyl sites for hydroxylation is 2. The molecule has 12 nitrogen and oxygen atoms in total. The van der Waals surface area contributed by atoms with Gasteiger partial charge in [0.2, 0.25) is 0 Å². The highest BCUT2D eigenvalue weighted by Gasteiger charge is 1.76. The summed E-state index contributed by atoms with van der Waals surface area (Å²) in [5, 5.41) is 40.5. The van der Waals surface area contributed by atoms with Gasteiger partial charge in [-0.05, 0) is 13.8 Å². The first-order chi connectivity index (χ1) is 17.2. The van der Waals surface area contributed by atoms with Gasteiger partial charge >= 0.3 is 37.3 Å². The lowest BCUT2D eigenvalue weighted by atomic mass is 10.2. The van der Waals surface area contributed by atoms with Crippen LogP contribution in [0.3, 0.4) is 0 Å². The highest BCUT2D eigenvalue weighted by atomic mass is 127. The van der Waals surface area contributed by atoms with Gasteiger partial charge in [0.15, 0.2) is 0 Å². The van der Waals surface area contributed by atoms with Crippen LogP contribution < -0.4 is 0 Å². The normalized spacial score (nSPS) is 6.18. The molecule has 0 spiro atoms. The lowest BCUT2D eigenvalue weighted by Gasteiger charge is -1.82. The third-order valence-corrected chi connectivity index (χ3v) is 1.88. The molecular weight excluding hydrogens is 1310 g/mol. The third-order valence-electron chi connectivity index (χ3n) is 1.88. The smallest absolute Gasteiger partial charge is 0.456 e. The molecule has 264 valence electrons. The van der Waals surface area contributed by atoms with Gasteiger partial charge in [-0.2, -0.15) is 0 Å². The van der Waals surface area contributed by atoms with Crippen LogP contribution in [0.4, 0.5) is 55.1 Å². The molecule has 0 aliphatic carbocycles. The molecule has 2 aromatic carbocycles. The largest absolute Gasteiger partial charge is 0.492 e. The number of carbonyl (C=O) groups is 6. The summed E-state index contributed by atoms with van der Waals surface area (Å²) in [7, 11) is 0. The van der Waals surface area contributed by atoms with Crippen molar-refractivity contribution in [1.29, 1.82) is 0 Å². The average molecular weight is 1340 g/mol. The molecule has 0 fully saturated rings. The van der Waals surface area contributed by atoms with Crippen molar-refractivity contribution >= 4 is 181 Å². The quantitative estimate of drug-likeness (QED) is 0.0823. The molecule has 0 aromatic heterocycles. The number of rotatable bonds is 0. The van der Waals surface area contributed by atoms with E-state index in [1.807, 2.05) is 36.4 Å². The van der Waals surface area contributed by atoms with Crippen molar-refractivity contribution in [3.8, 4) is 0 Å². The van der Waals surface area contributed by atoms with Crippen molar-refractivity contribution in [1.82, 2.24) is 0 Å². The molecule has 6 N–H and O–H groups in total. The van der Waals surface area contributed by atoms with Gasteiger partial charge in [0.1, 0.15) is 0 Å². The van der Waals surface area contributed by atoms with E-state index in [0.29, 0.717) is 0 Å². The molecule has 0 bridgehead atoms. The molecule has 0 saturated carbocycles. The number of carboxylic acid groups (broad SMARTS) is 6. The molecule has 0 radical (unpaired) electrons. The van der Waals surface area contributed by atoms with Crippen LogP contribution in [-0.4, -0.2) is 68.0 Å². The Balaban J connectivity index is -0.0000000265. The van der Waals surface area contributed by atoms with E-state index in [1.165, 1.54) is 11.1 Å². The molecule has 2 rings (SSSR count). The lowest BCUT2D eigenvalue weighted by Crippen LogP contribution is -1.69. The maximum absolute atomic E-state index is 9.92. The summed E-state index contributed by atoms with van der Waals surface area (Å²) in [4.78, 5) is 50.0. The summed E-state index contributed by atoms with van der Waals surface area (Å²) < 4.78 is 59.5. The van der Waals surface area contributed by atoms with Gasteiger partial charge in [0.05, 0.1) is 0 Å². The van der Waals surface area contributed by atoms with Crippen LogP contribution >= 0.6 is 144 Å². The standard InChI is InChI=1S/2C7H8.6CHFO2.6HI/c2*1-7-5-3-2-4-6-7;6*2-1(3)4;;;;;;/h2*2-6H,1H3;6*(H,3,4);6*1H. The predicted octanol–water partition coefficient (Wildman–Crippen LogP) is 11.5. The first kappa shape index (κ1) is 79.0. The Morgan fingerprint density at radius 2 is 0.455 bits per heavy atom. The van der Waals surface area contributed by atoms with E-state index in [2.05, 4.69) is 38.1 Å². The average Bonchev–Trinajstić information content (AvgIpc) is 2.67. The second-order valence-electron chi connectivity index (χ2n) is 4.83. The summed E-state index contributed by atoms with van der Waals surface area (Å²) in [6, 6.07) is 20.5. The first-order valence-corrected chi connectivity index (χ1v) is 8.52. The van der Waals surface area contributed by atoms with E-state index in [0.717, 1.165) is 0 Å². The number of benzene rings is 2. The van der Waals surface area contributed by atoms with Crippen molar-refractivity contribution in [2.45, 2.75) is 13.8 Å². The van der Waals surface area contributed by atoms with Crippen LogP contribution in [0.25, 0.3) is 0 Å². The molecule has 0 aliphatic heterocycles. The van der Waals surface area contributed by atoms with Gasteiger partial charge in [-0.3, -0.25) is 0 Å². The highest BCUT2D eigenvalue weighted by Crippen LogP contribution is 1.92. The van der Waals surface area contributed by atoms with Crippen molar-refractivity contribution < 1.29 is 85.7 Å². The summed E-state index contributed by atoms with van der Waals surface area (Å²) in [5.41, 5.74) is 2.64. The van der Waals surface area contributed by atoms with E-state index in [-0.39, 0.29) is 144 Å². The van der Waals surface area contributed by atoms with Gasteiger partial charge < -0.3 is 30.6 Å². The van der Waals surface area contributed by atoms with Crippen LogP contribution in [0.1, 0.15) is 11.1 Å². The predicted molar refractivity (Wildman–Crippen MR) is 210 cm³/mol. The van der Waals surface area contributed by atoms with Gasteiger partial charge in [-0.15, -0.1) is 170 Å². The summed E-state index contributed by atoms with van der Waals surface area (Å²) >= 11 is 0. The lowest BCUT2D eigenvalue weighted by molar-refractivity contribution is 0.167. The van der Waals surface area contributed by atoms with Crippen LogP contribution in [-0.2, 0) is 0 Å². The minimum absolute atomic E-state index is 0. The SMILES string of the molecule is Cc1ccccc1.Cc1ccccc1.I.I.I.I.I.I.O=C(O)F.O=C(O)F.O=C(O)F.O=C(O)F.O=C(O)F.O=C(O)F. The van der Waals surface area contributed by atoms with E-state index >= 15 is 0 Å². The van der Waals surface area contributed by atoms with Crippen LogP contribution in [0.15, 0.2) is 60.7 Å². The Labute approximate surface area is 348 Å². The molecular formula is C20H28F6I6O12. The van der Waals surface area contributed by atoms with E-state index in [9.17, 15) is 26.3 Å². The van der Waals surface area contributed by atoms with Crippen LogP contribution in [0, 0.1) is 13.8 Å². The molecule has 2 aromatic rings. The monoisotopic (exact) mass is 1340 g/mol. The van der Waals surface area contributed by atoms with Gasteiger partial charge in [-0.25, -0.2) is 28.8 Å².